The Labute approximate surface area is 111 Å². The molecule has 0 saturated heterocycles. The lowest BCUT2D eigenvalue weighted by Gasteiger charge is -2.09. The van der Waals surface area contributed by atoms with Gasteiger partial charge >= 0.3 is 0 Å². The van der Waals surface area contributed by atoms with Crippen molar-refractivity contribution in [3.63, 3.8) is 0 Å². The lowest BCUT2D eigenvalue weighted by molar-refractivity contribution is 0.303. The number of hydrogen-bond acceptors (Lipinski definition) is 3. The van der Waals surface area contributed by atoms with Crippen LogP contribution in [0, 0.1) is 6.92 Å². The molecule has 0 aliphatic rings. The number of aromatic nitrogens is 1. The van der Waals surface area contributed by atoms with Crippen LogP contribution in [0.5, 0.6) is 11.5 Å². The SMILES string of the molecule is COc1ccc(COc2ccnc(Cl)c2C)cc1. The lowest BCUT2D eigenvalue weighted by Crippen LogP contribution is -1.98. The summed E-state index contributed by atoms with van der Waals surface area (Å²) in [7, 11) is 1.65. The standard InChI is InChI=1S/C14H14ClNO2/c1-10-13(7-8-16-14(10)15)18-9-11-3-5-12(17-2)6-4-11/h3-8H,9H2,1-2H3. The Morgan fingerprint density at radius 3 is 2.56 bits per heavy atom. The van der Waals surface area contributed by atoms with E-state index in [0.29, 0.717) is 11.8 Å². The van der Waals surface area contributed by atoms with Crippen molar-refractivity contribution >= 4 is 11.6 Å². The maximum Gasteiger partial charge on any atom is 0.135 e. The Balaban J connectivity index is 2.04. The minimum Gasteiger partial charge on any atom is -0.497 e. The predicted octanol–water partition coefficient (Wildman–Crippen LogP) is 3.63. The summed E-state index contributed by atoms with van der Waals surface area (Å²) >= 11 is 5.93. The van der Waals surface area contributed by atoms with E-state index in [9.17, 15) is 0 Å². The van der Waals surface area contributed by atoms with Crippen LogP contribution in [0.15, 0.2) is 36.5 Å². The lowest BCUT2D eigenvalue weighted by atomic mass is 10.2. The molecule has 0 aliphatic heterocycles. The maximum atomic E-state index is 5.93. The van der Waals surface area contributed by atoms with E-state index in [1.165, 1.54) is 0 Å². The molecule has 1 heterocycles. The number of rotatable bonds is 4. The first-order chi connectivity index (χ1) is 8.70. The van der Waals surface area contributed by atoms with Gasteiger partial charge in [-0.2, -0.15) is 0 Å². The van der Waals surface area contributed by atoms with Crippen LogP contribution in [-0.2, 0) is 6.61 Å². The fraction of sp³-hybridized carbons (Fsp3) is 0.214. The third-order valence-electron chi connectivity index (χ3n) is 2.65. The molecule has 18 heavy (non-hydrogen) atoms. The van der Waals surface area contributed by atoms with E-state index in [2.05, 4.69) is 4.98 Å². The Morgan fingerprint density at radius 1 is 1.17 bits per heavy atom. The zero-order chi connectivity index (χ0) is 13.0. The third-order valence-corrected chi connectivity index (χ3v) is 3.03. The second-order valence-electron chi connectivity index (χ2n) is 3.86. The largest absolute Gasteiger partial charge is 0.497 e. The van der Waals surface area contributed by atoms with Gasteiger partial charge in [0, 0.05) is 11.8 Å². The average molecular weight is 264 g/mol. The van der Waals surface area contributed by atoms with Gasteiger partial charge < -0.3 is 9.47 Å². The number of methoxy groups -OCH3 is 1. The summed E-state index contributed by atoms with van der Waals surface area (Å²) in [6.07, 6.45) is 1.64. The fourth-order valence-corrected chi connectivity index (χ4v) is 1.68. The van der Waals surface area contributed by atoms with Crippen LogP contribution in [0.1, 0.15) is 11.1 Å². The van der Waals surface area contributed by atoms with Gasteiger partial charge in [0.2, 0.25) is 0 Å². The molecule has 94 valence electrons. The van der Waals surface area contributed by atoms with Crippen LogP contribution in [0.4, 0.5) is 0 Å². The molecular formula is C14H14ClNO2. The first-order valence-corrected chi connectivity index (χ1v) is 5.95. The molecule has 0 radical (unpaired) electrons. The summed E-state index contributed by atoms with van der Waals surface area (Å²) in [5.41, 5.74) is 1.93. The summed E-state index contributed by atoms with van der Waals surface area (Å²) in [6, 6.07) is 9.56. The average Bonchev–Trinajstić information content (AvgIpc) is 2.41. The summed E-state index contributed by atoms with van der Waals surface area (Å²) in [5, 5.41) is 0.474. The second-order valence-corrected chi connectivity index (χ2v) is 4.22. The predicted molar refractivity (Wildman–Crippen MR) is 71.3 cm³/mol. The van der Waals surface area contributed by atoms with Crippen LogP contribution in [0.3, 0.4) is 0 Å². The van der Waals surface area contributed by atoms with E-state index in [4.69, 9.17) is 21.1 Å². The van der Waals surface area contributed by atoms with Crippen molar-refractivity contribution in [3.8, 4) is 11.5 Å². The number of ether oxygens (including phenoxy) is 2. The molecule has 0 spiro atoms. The van der Waals surface area contributed by atoms with Gasteiger partial charge in [-0.3, -0.25) is 0 Å². The van der Waals surface area contributed by atoms with E-state index < -0.39 is 0 Å². The molecule has 0 bridgehead atoms. The van der Waals surface area contributed by atoms with Gasteiger partial charge in [-0.1, -0.05) is 23.7 Å². The molecule has 0 saturated carbocycles. The molecule has 0 N–H and O–H groups in total. The van der Waals surface area contributed by atoms with Gasteiger partial charge in [0.05, 0.1) is 7.11 Å². The fourth-order valence-electron chi connectivity index (χ4n) is 1.53. The highest BCUT2D eigenvalue weighted by atomic mass is 35.5. The van der Waals surface area contributed by atoms with Crippen molar-refractivity contribution in [1.82, 2.24) is 4.98 Å². The van der Waals surface area contributed by atoms with Crippen molar-refractivity contribution in [2.45, 2.75) is 13.5 Å². The van der Waals surface area contributed by atoms with Crippen LogP contribution in [-0.4, -0.2) is 12.1 Å². The minimum atomic E-state index is 0.474. The van der Waals surface area contributed by atoms with E-state index in [1.54, 1.807) is 13.3 Å². The summed E-state index contributed by atoms with van der Waals surface area (Å²) in [6.45, 7) is 2.38. The monoisotopic (exact) mass is 263 g/mol. The molecule has 0 fully saturated rings. The van der Waals surface area contributed by atoms with Gasteiger partial charge in [-0.15, -0.1) is 0 Å². The minimum absolute atomic E-state index is 0.474. The smallest absolute Gasteiger partial charge is 0.135 e. The van der Waals surface area contributed by atoms with Crippen LogP contribution >= 0.6 is 11.6 Å². The van der Waals surface area contributed by atoms with Crippen molar-refractivity contribution in [2.24, 2.45) is 0 Å². The first-order valence-electron chi connectivity index (χ1n) is 5.57. The quantitative estimate of drug-likeness (QED) is 0.790. The topological polar surface area (TPSA) is 31.4 Å². The van der Waals surface area contributed by atoms with Crippen molar-refractivity contribution in [3.05, 3.63) is 52.8 Å². The second kappa shape index (κ2) is 5.74. The molecule has 1 aromatic heterocycles. The van der Waals surface area contributed by atoms with Crippen LogP contribution in [0.25, 0.3) is 0 Å². The number of nitrogens with zero attached hydrogens (tertiary/aromatic N) is 1. The molecule has 0 aliphatic carbocycles. The normalized spacial score (nSPS) is 10.2. The van der Waals surface area contributed by atoms with Gasteiger partial charge in [-0.05, 0) is 30.7 Å². The van der Waals surface area contributed by atoms with Gasteiger partial charge in [-0.25, -0.2) is 4.98 Å². The Kier molecular flexibility index (Phi) is 4.05. The molecule has 1 aromatic carbocycles. The summed E-state index contributed by atoms with van der Waals surface area (Å²) in [4.78, 5) is 3.99. The van der Waals surface area contributed by atoms with E-state index in [-0.39, 0.29) is 0 Å². The Bertz CT molecular complexity index is 526. The molecule has 4 heteroatoms. The summed E-state index contributed by atoms with van der Waals surface area (Å²) in [5.74, 6) is 1.59. The van der Waals surface area contributed by atoms with E-state index >= 15 is 0 Å². The van der Waals surface area contributed by atoms with Crippen LogP contribution in [0.2, 0.25) is 5.15 Å². The molecule has 3 nitrogen and oxygen atoms in total. The van der Waals surface area contributed by atoms with E-state index in [1.807, 2.05) is 37.3 Å². The van der Waals surface area contributed by atoms with Gasteiger partial charge in [0.15, 0.2) is 0 Å². The van der Waals surface area contributed by atoms with Gasteiger partial charge in [0.1, 0.15) is 23.3 Å². The molecule has 0 atom stereocenters. The highest BCUT2D eigenvalue weighted by molar-refractivity contribution is 6.30. The first kappa shape index (κ1) is 12.7. The van der Waals surface area contributed by atoms with Crippen molar-refractivity contribution in [2.75, 3.05) is 7.11 Å². The molecule has 2 aromatic rings. The zero-order valence-electron chi connectivity index (χ0n) is 10.3. The van der Waals surface area contributed by atoms with Gasteiger partial charge in [0.25, 0.3) is 0 Å². The number of pyridine rings is 1. The maximum absolute atomic E-state index is 5.93. The van der Waals surface area contributed by atoms with Crippen LogP contribution < -0.4 is 9.47 Å². The molecular weight excluding hydrogens is 250 g/mol. The number of hydrogen-bond donors (Lipinski definition) is 0. The Morgan fingerprint density at radius 2 is 1.89 bits per heavy atom. The number of halogens is 1. The Hall–Kier alpha value is -1.74. The third kappa shape index (κ3) is 2.93. The molecule has 0 amide bonds. The molecule has 2 rings (SSSR count). The highest BCUT2D eigenvalue weighted by Crippen LogP contribution is 2.23. The molecule has 0 unspecified atom stereocenters. The number of benzene rings is 1. The summed E-state index contributed by atoms with van der Waals surface area (Å²) < 4.78 is 10.8. The van der Waals surface area contributed by atoms with Crippen molar-refractivity contribution in [1.29, 1.82) is 0 Å². The van der Waals surface area contributed by atoms with Crippen molar-refractivity contribution < 1.29 is 9.47 Å². The van der Waals surface area contributed by atoms with E-state index in [0.717, 1.165) is 22.6 Å². The zero-order valence-corrected chi connectivity index (χ0v) is 11.1. The highest BCUT2D eigenvalue weighted by Gasteiger charge is 2.04.